The largest absolute Gasteiger partial charge is 0.309 e. The summed E-state index contributed by atoms with van der Waals surface area (Å²) in [5.74, 6) is -0.0412. The third-order valence-corrected chi connectivity index (χ3v) is 3.57. The lowest BCUT2D eigenvalue weighted by molar-refractivity contribution is 0.314. The molecule has 1 aromatic rings. The molecule has 0 saturated carbocycles. The summed E-state index contributed by atoms with van der Waals surface area (Å²) in [6.45, 7) is 6.88. The molecule has 1 atom stereocenters. The summed E-state index contributed by atoms with van der Waals surface area (Å²) in [6.07, 6.45) is 0.932. The van der Waals surface area contributed by atoms with Gasteiger partial charge in [-0.15, -0.1) is 0 Å². The molecule has 0 aliphatic carbocycles. The first-order valence-corrected chi connectivity index (χ1v) is 8.18. The first-order chi connectivity index (χ1) is 8.67. The number of rotatable bonds is 6. The monoisotopic (exact) mass is 284 g/mol. The normalized spacial score (nSPS) is 14.3. The molecule has 19 heavy (non-hydrogen) atoms. The van der Waals surface area contributed by atoms with Crippen LogP contribution in [0.2, 0.25) is 0 Å². The van der Waals surface area contributed by atoms with Crippen molar-refractivity contribution in [2.45, 2.75) is 33.2 Å². The highest BCUT2D eigenvalue weighted by Gasteiger charge is 2.20. The van der Waals surface area contributed by atoms with Crippen LogP contribution in [0.1, 0.15) is 38.8 Å². The minimum Gasteiger partial charge on any atom is -0.309 e. The molecular weight excluding hydrogens is 260 g/mol. The molecule has 0 aliphatic heterocycles. The van der Waals surface area contributed by atoms with Gasteiger partial charge in [-0.1, -0.05) is 51.1 Å². The van der Waals surface area contributed by atoms with Crippen molar-refractivity contribution in [3.05, 3.63) is 35.9 Å². The maximum absolute atomic E-state index is 11.0. The minimum absolute atomic E-state index is 0.0412. The second-order valence-corrected chi connectivity index (χ2v) is 7.78. The smallest absolute Gasteiger partial charge is 0.210 e. The number of nitrogens with two attached hydrogens (primary N) is 1. The van der Waals surface area contributed by atoms with Crippen molar-refractivity contribution >= 4 is 10.0 Å². The maximum atomic E-state index is 11.0. The molecule has 5 heteroatoms. The van der Waals surface area contributed by atoms with E-state index in [1.54, 1.807) is 0 Å². The Balaban J connectivity index is 2.71. The van der Waals surface area contributed by atoms with E-state index >= 15 is 0 Å². The molecule has 1 rings (SSSR count). The average molecular weight is 284 g/mol. The van der Waals surface area contributed by atoms with Gasteiger partial charge < -0.3 is 5.32 Å². The Morgan fingerprint density at radius 1 is 1.21 bits per heavy atom. The van der Waals surface area contributed by atoms with E-state index in [-0.39, 0.29) is 17.2 Å². The van der Waals surface area contributed by atoms with Gasteiger partial charge in [0.1, 0.15) is 0 Å². The molecule has 0 spiro atoms. The first-order valence-electron chi connectivity index (χ1n) is 6.46. The summed E-state index contributed by atoms with van der Waals surface area (Å²) in [5, 5.41) is 8.31. The number of primary sulfonamides is 1. The van der Waals surface area contributed by atoms with Crippen LogP contribution in [-0.4, -0.2) is 20.7 Å². The van der Waals surface area contributed by atoms with Crippen molar-refractivity contribution in [3.63, 3.8) is 0 Å². The molecule has 0 amide bonds. The Hall–Kier alpha value is -0.910. The standard InChI is InChI=1S/C14H24N2O2S/c1-14(2,3)11-13(12-7-5-4-6-8-12)16-9-10-19(15,17)18/h4-8,13,16H,9-11H2,1-3H3,(H2,15,17,18). The fourth-order valence-corrected chi connectivity index (χ4v) is 2.38. The molecule has 1 unspecified atom stereocenters. The van der Waals surface area contributed by atoms with E-state index in [9.17, 15) is 8.42 Å². The summed E-state index contributed by atoms with van der Waals surface area (Å²) in [4.78, 5) is 0. The predicted molar refractivity (Wildman–Crippen MR) is 79.2 cm³/mol. The Kier molecular flexibility index (Phi) is 5.52. The van der Waals surface area contributed by atoms with Gasteiger partial charge in [-0.3, -0.25) is 0 Å². The second-order valence-electron chi connectivity index (χ2n) is 6.05. The molecule has 0 radical (unpaired) electrons. The summed E-state index contributed by atoms with van der Waals surface area (Å²) < 4.78 is 21.9. The fourth-order valence-electron chi connectivity index (χ4n) is 1.98. The third kappa shape index (κ3) is 7.30. The van der Waals surface area contributed by atoms with Crippen molar-refractivity contribution in [2.24, 2.45) is 10.6 Å². The molecule has 3 N–H and O–H groups in total. The van der Waals surface area contributed by atoms with Crippen LogP contribution in [0.4, 0.5) is 0 Å². The van der Waals surface area contributed by atoms with E-state index in [0.29, 0.717) is 6.54 Å². The molecule has 0 aliphatic rings. The van der Waals surface area contributed by atoms with Gasteiger partial charge in [0.05, 0.1) is 5.75 Å². The van der Waals surface area contributed by atoms with Gasteiger partial charge in [-0.2, -0.15) is 0 Å². The van der Waals surface area contributed by atoms with Crippen LogP contribution < -0.4 is 10.5 Å². The third-order valence-electron chi connectivity index (χ3n) is 2.80. The van der Waals surface area contributed by atoms with E-state index in [4.69, 9.17) is 5.14 Å². The number of benzene rings is 1. The fraction of sp³-hybridized carbons (Fsp3) is 0.571. The van der Waals surface area contributed by atoms with Crippen LogP contribution in [0.25, 0.3) is 0 Å². The van der Waals surface area contributed by atoms with E-state index in [0.717, 1.165) is 6.42 Å². The van der Waals surface area contributed by atoms with Crippen LogP contribution in [0, 0.1) is 5.41 Å². The van der Waals surface area contributed by atoms with E-state index in [2.05, 4.69) is 38.2 Å². The Morgan fingerprint density at radius 2 is 1.79 bits per heavy atom. The van der Waals surface area contributed by atoms with Gasteiger partial charge in [-0.05, 0) is 17.4 Å². The Bertz CT molecular complexity index is 478. The number of hydrogen-bond donors (Lipinski definition) is 2. The molecule has 0 saturated heterocycles. The Labute approximate surface area is 116 Å². The number of hydrogen-bond acceptors (Lipinski definition) is 3. The first kappa shape index (κ1) is 16.1. The second kappa shape index (κ2) is 6.50. The van der Waals surface area contributed by atoms with Gasteiger partial charge in [0.2, 0.25) is 10.0 Å². The van der Waals surface area contributed by atoms with Crippen molar-refractivity contribution in [1.29, 1.82) is 0 Å². The van der Waals surface area contributed by atoms with Crippen molar-refractivity contribution in [2.75, 3.05) is 12.3 Å². The zero-order valence-corrected chi connectivity index (χ0v) is 12.7. The highest BCUT2D eigenvalue weighted by atomic mass is 32.2. The van der Waals surface area contributed by atoms with Crippen LogP contribution in [0.5, 0.6) is 0 Å². The molecule has 0 fully saturated rings. The van der Waals surface area contributed by atoms with Crippen molar-refractivity contribution < 1.29 is 8.42 Å². The maximum Gasteiger partial charge on any atom is 0.210 e. The lowest BCUT2D eigenvalue weighted by atomic mass is 9.85. The van der Waals surface area contributed by atoms with E-state index < -0.39 is 10.0 Å². The lowest BCUT2D eigenvalue weighted by Crippen LogP contribution is -2.32. The van der Waals surface area contributed by atoms with E-state index in [1.807, 2.05) is 18.2 Å². The molecule has 4 nitrogen and oxygen atoms in total. The summed E-state index contributed by atoms with van der Waals surface area (Å²) in [7, 11) is -3.41. The summed E-state index contributed by atoms with van der Waals surface area (Å²) >= 11 is 0. The van der Waals surface area contributed by atoms with Crippen LogP contribution in [0.15, 0.2) is 30.3 Å². The molecule has 1 aromatic carbocycles. The van der Waals surface area contributed by atoms with Crippen LogP contribution >= 0.6 is 0 Å². The van der Waals surface area contributed by atoms with Crippen molar-refractivity contribution in [1.82, 2.24) is 5.32 Å². The molecule has 108 valence electrons. The molecular formula is C14H24N2O2S. The Morgan fingerprint density at radius 3 is 2.26 bits per heavy atom. The van der Waals surface area contributed by atoms with Gasteiger partial charge >= 0.3 is 0 Å². The zero-order valence-electron chi connectivity index (χ0n) is 11.9. The van der Waals surface area contributed by atoms with Gasteiger partial charge in [-0.25, -0.2) is 13.6 Å². The molecule has 0 aromatic heterocycles. The van der Waals surface area contributed by atoms with Crippen LogP contribution in [-0.2, 0) is 10.0 Å². The number of nitrogens with one attached hydrogen (secondary N) is 1. The minimum atomic E-state index is -3.41. The summed E-state index contributed by atoms with van der Waals surface area (Å²) in [6, 6.07) is 10.2. The van der Waals surface area contributed by atoms with Gasteiger partial charge in [0, 0.05) is 12.6 Å². The van der Waals surface area contributed by atoms with Gasteiger partial charge in [0.15, 0.2) is 0 Å². The highest BCUT2D eigenvalue weighted by Crippen LogP contribution is 2.29. The SMILES string of the molecule is CC(C)(C)CC(NCCS(N)(=O)=O)c1ccccc1. The molecule has 0 heterocycles. The molecule has 0 bridgehead atoms. The highest BCUT2D eigenvalue weighted by molar-refractivity contribution is 7.89. The lowest BCUT2D eigenvalue weighted by Gasteiger charge is -2.27. The van der Waals surface area contributed by atoms with Crippen LogP contribution in [0.3, 0.4) is 0 Å². The summed E-state index contributed by atoms with van der Waals surface area (Å²) in [5.41, 5.74) is 1.33. The predicted octanol–water partition coefficient (Wildman–Crippen LogP) is 2.04. The topological polar surface area (TPSA) is 72.2 Å². The van der Waals surface area contributed by atoms with Crippen molar-refractivity contribution in [3.8, 4) is 0 Å². The number of sulfonamides is 1. The quantitative estimate of drug-likeness (QED) is 0.839. The van der Waals surface area contributed by atoms with Gasteiger partial charge in [0.25, 0.3) is 0 Å². The zero-order chi connectivity index (χ0) is 14.5. The average Bonchev–Trinajstić information content (AvgIpc) is 2.25. The van der Waals surface area contributed by atoms with E-state index in [1.165, 1.54) is 5.56 Å².